The summed E-state index contributed by atoms with van der Waals surface area (Å²) in [6, 6.07) is 0. The summed E-state index contributed by atoms with van der Waals surface area (Å²) in [5.41, 5.74) is -2.79. The lowest BCUT2D eigenvalue weighted by molar-refractivity contribution is -0.317. The Morgan fingerprint density at radius 2 is 0.882 bits per heavy atom. The second-order valence-electron chi connectivity index (χ2n) is 7.99. The predicted octanol–water partition coefficient (Wildman–Crippen LogP) is 5.38. The van der Waals surface area contributed by atoms with Crippen LogP contribution in [0.15, 0.2) is 0 Å². The molecule has 0 heterocycles. The molecule has 17 heavy (non-hydrogen) atoms. The molecule has 1 aliphatic rings. The summed E-state index contributed by atoms with van der Waals surface area (Å²) in [4.78, 5) is 0. The lowest BCUT2D eigenvalue weighted by Crippen LogP contribution is -2.68. The molecule has 0 nitrogen and oxygen atoms in total. The van der Waals surface area contributed by atoms with E-state index in [1.807, 2.05) is 27.7 Å². The van der Waals surface area contributed by atoms with Gasteiger partial charge in [-0.25, -0.2) is 8.78 Å². The highest BCUT2D eigenvalue weighted by molar-refractivity contribution is 5.15. The molecule has 1 fully saturated rings. The van der Waals surface area contributed by atoms with Crippen molar-refractivity contribution < 1.29 is 8.78 Å². The van der Waals surface area contributed by atoms with E-state index >= 15 is 0 Å². The summed E-state index contributed by atoms with van der Waals surface area (Å²) in [6.45, 7) is 17.0. The van der Waals surface area contributed by atoms with Crippen LogP contribution in [0, 0.1) is 27.6 Å². The lowest BCUT2D eigenvalue weighted by atomic mass is 9.39. The van der Waals surface area contributed by atoms with Gasteiger partial charge in [0.25, 0.3) is 5.92 Å². The average molecular weight is 246 g/mol. The zero-order valence-electron chi connectivity index (χ0n) is 12.8. The van der Waals surface area contributed by atoms with Gasteiger partial charge in [0.2, 0.25) is 0 Å². The van der Waals surface area contributed by atoms with Crippen LogP contribution in [0.1, 0.15) is 62.3 Å². The first-order chi connectivity index (χ1) is 7.15. The van der Waals surface area contributed by atoms with Crippen molar-refractivity contribution in [3.63, 3.8) is 0 Å². The molecule has 102 valence electrons. The van der Waals surface area contributed by atoms with Crippen LogP contribution < -0.4 is 0 Å². The zero-order chi connectivity index (χ0) is 14.1. The van der Waals surface area contributed by atoms with E-state index in [1.165, 1.54) is 0 Å². The third-order valence-corrected chi connectivity index (χ3v) is 6.96. The first kappa shape index (κ1) is 14.9. The molecule has 0 saturated heterocycles. The van der Waals surface area contributed by atoms with Gasteiger partial charge in [-0.3, -0.25) is 0 Å². The molecule has 0 aromatic carbocycles. The SMILES string of the molecule is CC1C(C)(C)C(C)(C)C(F)(F)C(C)(C)C1(C)C. The van der Waals surface area contributed by atoms with Gasteiger partial charge in [-0.1, -0.05) is 62.3 Å². The van der Waals surface area contributed by atoms with Crippen molar-refractivity contribution in [3.05, 3.63) is 0 Å². The molecule has 0 aromatic heterocycles. The van der Waals surface area contributed by atoms with Crippen molar-refractivity contribution in [2.75, 3.05) is 0 Å². The van der Waals surface area contributed by atoms with Crippen LogP contribution in [0.5, 0.6) is 0 Å². The van der Waals surface area contributed by atoms with Crippen LogP contribution in [-0.4, -0.2) is 5.92 Å². The normalized spacial score (nSPS) is 33.4. The molecule has 0 aliphatic heterocycles. The summed E-state index contributed by atoms with van der Waals surface area (Å²) in [5, 5.41) is 0. The van der Waals surface area contributed by atoms with E-state index in [0.29, 0.717) is 0 Å². The topological polar surface area (TPSA) is 0 Å². The van der Waals surface area contributed by atoms with Gasteiger partial charge in [0.15, 0.2) is 0 Å². The highest BCUT2D eigenvalue weighted by atomic mass is 19.3. The van der Waals surface area contributed by atoms with Crippen molar-refractivity contribution in [1.82, 2.24) is 0 Å². The van der Waals surface area contributed by atoms with Crippen LogP contribution in [0.25, 0.3) is 0 Å². The van der Waals surface area contributed by atoms with Crippen LogP contribution in [0.2, 0.25) is 0 Å². The Hall–Kier alpha value is -0.140. The average Bonchev–Trinajstić information content (AvgIpc) is 2.13. The van der Waals surface area contributed by atoms with Crippen molar-refractivity contribution in [2.45, 2.75) is 68.2 Å². The van der Waals surface area contributed by atoms with Crippen LogP contribution >= 0.6 is 0 Å². The minimum Gasteiger partial charge on any atom is -0.206 e. The van der Waals surface area contributed by atoms with Gasteiger partial charge in [-0.2, -0.15) is 0 Å². The summed E-state index contributed by atoms with van der Waals surface area (Å²) >= 11 is 0. The predicted molar refractivity (Wildman–Crippen MR) is 69.2 cm³/mol. The molecule has 0 unspecified atom stereocenters. The second-order valence-corrected chi connectivity index (χ2v) is 7.99. The Bertz CT molecular complexity index is 292. The van der Waals surface area contributed by atoms with Crippen LogP contribution in [0.4, 0.5) is 8.78 Å². The molecule has 0 bridgehead atoms. The van der Waals surface area contributed by atoms with Gasteiger partial charge < -0.3 is 0 Å². The van der Waals surface area contributed by atoms with Crippen molar-refractivity contribution in [2.24, 2.45) is 27.6 Å². The molecule has 0 radical (unpaired) electrons. The standard InChI is InChI=1S/C15H28F2/c1-10-11(2,3)13(6,7)15(16,17)14(8,9)12(10,4)5/h10H,1-9H3. The summed E-state index contributed by atoms with van der Waals surface area (Å²) in [7, 11) is 0. The van der Waals surface area contributed by atoms with Crippen LogP contribution in [0.3, 0.4) is 0 Å². The summed E-state index contributed by atoms with van der Waals surface area (Å²) in [6.07, 6.45) is 0. The smallest absolute Gasteiger partial charge is 0.206 e. The molecule has 2 heteroatoms. The molecular weight excluding hydrogens is 218 g/mol. The van der Waals surface area contributed by atoms with E-state index in [2.05, 4.69) is 6.92 Å². The van der Waals surface area contributed by atoms with Gasteiger partial charge in [0.1, 0.15) is 0 Å². The molecule has 1 rings (SSSR count). The number of alkyl halides is 2. The van der Waals surface area contributed by atoms with Crippen molar-refractivity contribution >= 4 is 0 Å². The Morgan fingerprint density at radius 1 is 0.647 bits per heavy atom. The van der Waals surface area contributed by atoms with Crippen molar-refractivity contribution in [3.8, 4) is 0 Å². The van der Waals surface area contributed by atoms with E-state index in [4.69, 9.17) is 0 Å². The molecule has 1 saturated carbocycles. The van der Waals surface area contributed by atoms with E-state index in [-0.39, 0.29) is 5.92 Å². The third kappa shape index (κ3) is 1.33. The largest absolute Gasteiger partial charge is 0.259 e. The highest BCUT2D eigenvalue weighted by Crippen LogP contribution is 2.72. The number of hydrogen-bond donors (Lipinski definition) is 0. The molecule has 0 aromatic rings. The maximum absolute atomic E-state index is 14.9. The van der Waals surface area contributed by atoms with Gasteiger partial charge in [0.05, 0.1) is 0 Å². The van der Waals surface area contributed by atoms with E-state index in [1.54, 1.807) is 27.7 Å². The number of halogens is 2. The maximum Gasteiger partial charge on any atom is 0.259 e. The summed E-state index contributed by atoms with van der Waals surface area (Å²) in [5.74, 6) is -2.45. The van der Waals surface area contributed by atoms with E-state index in [0.717, 1.165) is 0 Å². The zero-order valence-corrected chi connectivity index (χ0v) is 12.8. The van der Waals surface area contributed by atoms with E-state index in [9.17, 15) is 8.78 Å². The molecule has 0 spiro atoms. The minimum atomic E-state index is -2.68. The molecule has 1 aliphatic carbocycles. The molecule has 0 N–H and O–H groups in total. The monoisotopic (exact) mass is 246 g/mol. The fourth-order valence-corrected chi connectivity index (χ4v) is 3.58. The number of hydrogen-bond acceptors (Lipinski definition) is 0. The van der Waals surface area contributed by atoms with Gasteiger partial charge in [-0.15, -0.1) is 0 Å². The highest BCUT2D eigenvalue weighted by Gasteiger charge is 2.73. The number of rotatable bonds is 0. The van der Waals surface area contributed by atoms with Crippen LogP contribution in [-0.2, 0) is 0 Å². The second kappa shape index (κ2) is 3.24. The fourth-order valence-electron chi connectivity index (χ4n) is 3.58. The maximum atomic E-state index is 14.9. The molecular formula is C15H28F2. The lowest BCUT2D eigenvalue weighted by Gasteiger charge is -2.67. The third-order valence-electron chi connectivity index (χ3n) is 6.96. The Kier molecular flexibility index (Phi) is 2.85. The molecule has 0 atom stereocenters. The Balaban J connectivity index is 3.56. The molecule has 0 amide bonds. The Morgan fingerprint density at radius 3 is 1.12 bits per heavy atom. The van der Waals surface area contributed by atoms with E-state index < -0.39 is 27.6 Å². The Labute approximate surface area is 105 Å². The van der Waals surface area contributed by atoms with Gasteiger partial charge in [-0.05, 0) is 16.7 Å². The van der Waals surface area contributed by atoms with Gasteiger partial charge in [0, 0.05) is 10.8 Å². The van der Waals surface area contributed by atoms with Gasteiger partial charge >= 0.3 is 0 Å². The first-order valence-corrected chi connectivity index (χ1v) is 6.53. The van der Waals surface area contributed by atoms with Crippen molar-refractivity contribution in [1.29, 1.82) is 0 Å². The minimum absolute atomic E-state index is 0.236. The quantitative estimate of drug-likeness (QED) is 0.538. The first-order valence-electron chi connectivity index (χ1n) is 6.53. The fraction of sp³-hybridized carbons (Fsp3) is 1.00. The summed E-state index contributed by atoms with van der Waals surface area (Å²) < 4.78 is 29.8.